The van der Waals surface area contributed by atoms with Crippen LogP contribution in [0.2, 0.25) is 0 Å². The maximum Gasteiger partial charge on any atom is 0.0197 e. The minimum atomic E-state index is 0.0225. The first-order valence-electron chi connectivity index (χ1n) is 8.23. The summed E-state index contributed by atoms with van der Waals surface area (Å²) in [4.78, 5) is 0. The van der Waals surface area contributed by atoms with E-state index in [2.05, 4.69) is 45.9 Å². The van der Waals surface area contributed by atoms with Gasteiger partial charge in [0.05, 0.1) is 0 Å². The number of nitrogens with two attached hydrogens (primary N) is 1. The van der Waals surface area contributed by atoms with Crippen LogP contribution in [-0.2, 0) is 6.42 Å². The lowest BCUT2D eigenvalue weighted by molar-refractivity contribution is 0.200. The van der Waals surface area contributed by atoms with Crippen molar-refractivity contribution in [2.45, 2.75) is 71.8 Å². The summed E-state index contributed by atoms with van der Waals surface area (Å²) in [5.74, 6) is 1.63. The molecule has 20 heavy (non-hydrogen) atoms. The first-order chi connectivity index (χ1) is 9.39. The number of aryl methyl sites for hydroxylation is 2. The van der Waals surface area contributed by atoms with Gasteiger partial charge in [-0.3, -0.25) is 0 Å². The van der Waals surface area contributed by atoms with Crippen LogP contribution in [0.4, 0.5) is 0 Å². The van der Waals surface area contributed by atoms with Crippen LogP contribution >= 0.6 is 0 Å². The van der Waals surface area contributed by atoms with Gasteiger partial charge in [-0.05, 0) is 68.1 Å². The van der Waals surface area contributed by atoms with Gasteiger partial charge in [0.1, 0.15) is 0 Å². The molecule has 0 aromatic heterocycles. The fourth-order valence-electron chi connectivity index (χ4n) is 4.03. The zero-order valence-corrected chi connectivity index (χ0v) is 13.7. The van der Waals surface area contributed by atoms with Gasteiger partial charge in [0.2, 0.25) is 0 Å². The Morgan fingerprint density at radius 2 is 1.90 bits per heavy atom. The van der Waals surface area contributed by atoms with Crippen LogP contribution in [0.15, 0.2) is 18.2 Å². The molecule has 1 aliphatic rings. The van der Waals surface area contributed by atoms with Gasteiger partial charge in [0, 0.05) is 5.54 Å². The molecule has 0 spiro atoms. The van der Waals surface area contributed by atoms with E-state index >= 15 is 0 Å². The SMILES string of the molecule is Cc1cccc(C)c1CC1(N)CCCC(CC(C)C)C1. The average molecular weight is 273 g/mol. The molecule has 2 rings (SSSR count). The third-order valence-electron chi connectivity index (χ3n) is 4.96. The highest BCUT2D eigenvalue weighted by molar-refractivity contribution is 5.35. The van der Waals surface area contributed by atoms with Gasteiger partial charge in [-0.15, -0.1) is 0 Å². The van der Waals surface area contributed by atoms with E-state index in [1.165, 1.54) is 48.8 Å². The molecule has 0 saturated heterocycles. The normalized spacial score (nSPS) is 27.0. The molecule has 0 radical (unpaired) electrons. The fraction of sp³-hybridized carbons (Fsp3) is 0.684. The molecular weight excluding hydrogens is 242 g/mol. The Bertz CT molecular complexity index is 429. The highest BCUT2D eigenvalue weighted by Gasteiger charge is 2.33. The summed E-state index contributed by atoms with van der Waals surface area (Å²) < 4.78 is 0. The Morgan fingerprint density at radius 1 is 1.25 bits per heavy atom. The molecule has 0 heterocycles. The summed E-state index contributed by atoms with van der Waals surface area (Å²) in [5, 5.41) is 0. The lowest BCUT2D eigenvalue weighted by atomic mass is 9.70. The van der Waals surface area contributed by atoms with E-state index in [-0.39, 0.29) is 5.54 Å². The minimum Gasteiger partial charge on any atom is -0.325 e. The van der Waals surface area contributed by atoms with Crippen molar-refractivity contribution in [3.05, 3.63) is 34.9 Å². The summed E-state index contributed by atoms with van der Waals surface area (Å²) in [6, 6.07) is 6.60. The number of hydrogen-bond acceptors (Lipinski definition) is 1. The zero-order valence-electron chi connectivity index (χ0n) is 13.7. The molecule has 1 heteroatoms. The predicted octanol–water partition coefficient (Wildman–Crippen LogP) is 4.78. The molecule has 0 bridgehead atoms. The van der Waals surface area contributed by atoms with Crippen molar-refractivity contribution in [2.24, 2.45) is 17.6 Å². The third kappa shape index (κ3) is 3.85. The molecule has 1 fully saturated rings. The van der Waals surface area contributed by atoms with Crippen molar-refractivity contribution in [1.29, 1.82) is 0 Å². The Hall–Kier alpha value is -0.820. The van der Waals surface area contributed by atoms with Crippen molar-refractivity contribution in [2.75, 3.05) is 0 Å². The lowest BCUT2D eigenvalue weighted by Gasteiger charge is -2.39. The van der Waals surface area contributed by atoms with Crippen LogP contribution in [0, 0.1) is 25.7 Å². The van der Waals surface area contributed by atoms with E-state index in [1.54, 1.807) is 0 Å². The summed E-state index contributed by atoms with van der Waals surface area (Å²) in [5.41, 5.74) is 11.1. The van der Waals surface area contributed by atoms with Gasteiger partial charge in [-0.1, -0.05) is 44.9 Å². The fourth-order valence-corrected chi connectivity index (χ4v) is 4.03. The maximum atomic E-state index is 6.79. The van der Waals surface area contributed by atoms with Crippen LogP contribution in [0.3, 0.4) is 0 Å². The summed E-state index contributed by atoms with van der Waals surface area (Å²) in [6.45, 7) is 9.11. The molecule has 2 N–H and O–H groups in total. The molecule has 2 unspecified atom stereocenters. The average Bonchev–Trinajstić information content (AvgIpc) is 2.33. The summed E-state index contributed by atoms with van der Waals surface area (Å²) in [6.07, 6.45) is 7.48. The van der Waals surface area contributed by atoms with Gasteiger partial charge in [0.25, 0.3) is 0 Å². The van der Waals surface area contributed by atoms with Crippen molar-refractivity contribution in [3.63, 3.8) is 0 Å². The summed E-state index contributed by atoms with van der Waals surface area (Å²) in [7, 11) is 0. The van der Waals surface area contributed by atoms with E-state index in [0.717, 1.165) is 18.3 Å². The largest absolute Gasteiger partial charge is 0.325 e. The molecular formula is C19H31N. The first kappa shape index (κ1) is 15.6. The lowest BCUT2D eigenvalue weighted by Crippen LogP contribution is -2.46. The van der Waals surface area contributed by atoms with Gasteiger partial charge < -0.3 is 5.73 Å². The van der Waals surface area contributed by atoms with Gasteiger partial charge in [-0.2, -0.15) is 0 Å². The van der Waals surface area contributed by atoms with E-state index in [0.29, 0.717) is 0 Å². The van der Waals surface area contributed by atoms with Gasteiger partial charge in [-0.25, -0.2) is 0 Å². The van der Waals surface area contributed by atoms with Crippen molar-refractivity contribution < 1.29 is 0 Å². The molecule has 1 aromatic rings. The second-order valence-corrected chi connectivity index (χ2v) is 7.50. The van der Waals surface area contributed by atoms with Gasteiger partial charge >= 0.3 is 0 Å². The van der Waals surface area contributed by atoms with Crippen LogP contribution in [0.25, 0.3) is 0 Å². The molecule has 1 aliphatic carbocycles. The topological polar surface area (TPSA) is 26.0 Å². The Kier molecular flexibility index (Phi) is 4.90. The van der Waals surface area contributed by atoms with Crippen LogP contribution < -0.4 is 5.73 Å². The van der Waals surface area contributed by atoms with Crippen molar-refractivity contribution in [3.8, 4) is 0 Å². The smallest absolute Gasteiger partial charge is 0.0197 e. The van der Waals surface area contributed by atoms with E-state index < -0.39 is 0 Å². The maximum absolute atomic E-state index is 6.79. The molecule has 1 saturated carbocycles. The van der Waals surface area contributed by atoms with Crippen LogP contribution in [0.1, 0.15) is 62.6 Å². The van der Waals surface area contributed by atoms with Gasteiger partial charge in [0.15, 0.2) is 0 Å². The van der Waals surface area contributed by atoms with Crippen LogP contribution in [0.5, 0.6) is 0 Å². The Labute approximate surface area is 125 Å². The monoisotopic (exact) mass is 273 g/mol. The predicted molar refractivity (Wildman–Crippen MR) is 88.0 cm³/mol. The molecule has 0 amide bonds. The Morgan fingerprint density at radius 3 is 2.50 bits per heavy atom. The van der Waals surface area contributed by atoms with E-state index in [9.17, 15) is 0 Å². The standard InChI is InChI=1S/C19H31N/c1-14(2)11-17-9-6-10-19(20,12-17)13-18-15(3)7-5-8-16(18)4/h5,7-8,14,17H,6,9-13,20H2,1-4H3. The number of hydrogen-bond donors (Lipinski definition) is 1. The zero-order chi connectivity index (χ0) is 14.8. The molecule has 0 aliphatic heterocycles. The minimum absolute atomic E-state index is 0.0225. The van der Waals surface area contributed by atoms with E-state index in [4.69, 9.17) is 5.73 Å². The summed E-state index contributed by atoms with van der Waals surface area (Å²) >= 11 is 0. The number of rotatable bonds is 4. The highest BCUT2D eigenvalue weighted by atomic mass is 14.7. The quantitative estimate of drug-likeness (QED) is 0.839. The third-order valence-corrected chi connectivity index (χ3v) is 4.96. The highest BCUT2D eigenvalue weighted by Crippen LogP contribution is 2.37. The second kappa shape index (κ2) is 6.30. The van der Waals surface area contributed by atoms with E-state index in [1.807, 2.05) is 0 Å². The van der Waals surface area contributed by atoms with Crippen molar-refractivity contribution in [1.82, 2.24) is 0 Å². The Balaban J connectivity index is 2.10. The number of benzene rings is 1. The second-order valence-electron chi connectivity index (χ2n) is 7.50. The molecule has 1 aromatic carbocycles. The van der Waals surface area contributed by atoms with Crippen molar-refractivity contribution >= 4 is 0 Å². The molecule has 2 atom stereocenters. The van der Waals surface area contributed by atoms with Crippen LogP contribution in [-0.4, -0.2) is 5.54 Å². The molecule has 112 valence electrons. The first-order valence-corrected chi connectivity index (χ1v) is 8.23. The molecule has 1 nitrogen and oxygen atoms in total.